The van der Waals surface area contributed by atoms with E-state index in [0.717, 1.165) is 27.3 Å². The van der Waals surface area contributed by atoms with Crippen LogP contribution in [0.5, 0.6) is 0 Å². The molecule has 2 aromatic heterocycles. The predicted octanol–water partition coefficient (Wildman–Crippen LogP) is 3.90. The topological polar surface area (TPSA) is 83.6 Å². The molecule has 2 N–H and O–H groups in total. The number of H-pyrrole nitrogens is 1. The van der Waals surface area contributed by atoms with Crippen molar-refractivity contribution in [1.29, 1.82) is 0 Å². The number of anilines is 1. The summed E-state index contributed by atoms with van der Waals surface area (Å²) in [7, 11) is 0. The van der Waals surface area contributed by atoms with Gasteiger partial charge in [0.15, 0.2) is 5.16 Å². The summed E-state index contributed by atoms with van der Waals surface area (Å²) in [4.78, 5) is 20.9. The lowest BCUT2D eigenvalue weighted by Gasteiger charge is -2.08. The van der Waals surface area contributed by atoms with Crippen molar-refractivity contribution in [2.24, 2.45) is 0 Å². The highest BCUT2D eigenvalue weighted by molar-refractivity contribution is 7.98. The van der Waals surface area contributed by atoms with Crippen LogP contribution in [0.1, 0.15) is 15.9 Å². The third-order valence-electron chi connectivity index (χ3n) is 3.82. The number of hydrogen-bond donors (Lipinski definition) is 2. The van der Waals surface area contributed by atoms with Crippen molar-refractivity contribution in [2.75, 3.05) is 5.32 Å². The van der Waals surface area contributed by atoms with Gasteiger partial charge < -0.3 is 5.32 Å². The van der Waals surface area contributed by atoms with Gasteiger partial charge in [-0.15, -0.1) is 0 Å². The lowest BCUT2D eigenvalue weighted by Crippen LogP contribution is -2.12. The maximum atomic E-state index is 12.6. The third kappa shape index (κ3) is 3.73. The van der Waals surface area contributed by atoms with Crippen LogP contribution in [0.3, 0.4) is 0 Å². The maximum absolute atomic E-state index is 12.6. The van der Waals surface area contributed by atoms with Gasteiger partial charge in [-0.05, 0) is 42.0 Å². The summed E-state index contributed by atoms with van der Waals surface area (Å²) >= 11 is 1.54. The number of nitrogens with zero attached hydrogens (tertiary/aromatic N) is 3. The molecule has 0 saturated carbocycles. The van der Waals surface area contributed by atoms with E-state index in [9.17, 15) is 4.79 Å². The summed E-state index contributed by atoms with van der Waals surface area (Å²) in [5, 5.41) is 11.3. The second-order valence-corrected chi connectivity index (χ2v) is 6.61. The van der Waals surface area contributed by atoms with Crippen molar-refractivity contribution in [3.05, 3.63) is 78.2 Å². The Balaban J connectivity index is 1.47. The van der Waals surface area contributed by atoms with Crippen LogP contribution in [-0.2, 0) is 5.75 Å². The highest BCUT2D eigenvalue weighted by Gasteiger charge is 2.08. The number of pyridine rings is 1. The van der Waals surface area contributed by atoms with Gasteiger partial charge in [0, 0.05) is 28.6 Å². The van der Waals surface area contributed by atoms with E-state index in [1.165, 1.54) is 18.1 Å². The first kappa shape index (κ1) is 16.3. The standard InChI is InChI=1S/C19H15N5OS/c25-18(23-16-6-7-17-14(10-16)5-2-8-20-17)15-4-1-3-13(9-15)11-26-19-21-12-22-24-19/h1-10,12H,11H2,(H,23,25)(H,21,22,24). The molecule has 0 aliphatic rings. The fourth-order valence-electron chi connectivity index (χ4n) is 2.57. The lowest BCUT2D eigenvalue weighted by atomic mass is 10.1. The zero-order valence-electron chi connectivity index (χ0n) is 13.7. The molecule has 0 fully saturated rings. The first-order chi connectivity index (χ1) is 12.8. The van der Waals surface area contributed by atoms with Crippen LogP contribution in [0, 0.1) is 0 Å². The van der Waals surface area contributed by atoms with Gasteiger partial charge in [-0.3, -0.25) is 14.9 Å². The minimum absolute atomic E-state index is 0.139. The Hall–Kier alpha value is -3.19. The Morgan fingerprint density at radius 3 is 2.92 bits per heavy atom. The predicted molar refractivity (Wildman–Crippen MR) is 102 cm³/mol. The molecule has 0 unspecified atom stereocenters. The average molecular weight is 361 g/mol. The first-order valence-electron chi connectivity index (χ1n) is 8.01. The summed E-state index contributed by atoms with van der Waals surface area (Å²) < 4.78 is 0. The number of carbonyl (C=O) groups excluding carboxylic acids is 1. The van der Waals surface area contributed by atoms with E-state index < -0.39 is 0 Å². The quantitative estimate of drug-likeness (QED) is 0.527. The van der Waals surface area contributed by atoms with E-state index in [1.54, 1.807) is 12.3 Å². The molecule has 4 rings (SSSR count). The Morgan fingerprint density at radius 2 is 2.04 bits per heavy atom. The van der Waals surface area contributed by atoms with Crippen LogP contribution in [0.2, 0.25) is 0 Å². The lowest BCUT2D eigenvalue weighted by molar-refractivity contribution is 0.102. The molecule has 1 amide bonds. The normalized spacial score (nSPS) is 10.8. The van der Waals surface area contributed by atoms with Gasteiger partial charge in [-0.2, -0.15) is 5.10 Å². The van der Waals surface area contributed by atoms with Crippen LogP contribution < -0.4 is 5.32 Å². The molecule has 0 atom stereocenters. The number of carbonyl (C=O) groups is 1. The fourth-order valence-corrected chi connectivity index (χ4v) is 3.30. The number of fused-ring (bicyclic) bond motifs is 1. The summed E-state index contributed by atoms with van der Waals surface area (Å²) in [5.74, 6) is 0.567. The number of nitrogens with one attached hydrogen (secondary N) is 2. The molecule has 2 aromatic carbocycles. The zero-order chi connectivity index (χ0) is 17.8. The molecule has 128 valence electrons. The molecular formula is C19H15N5OS. The zero-order valence-corrected chi connectivity index (χ0v) is 14.5. The molecule has 0 bridgehead atoms. The number of aromatic nitrogens is 4. The number of aromatic amines is 1. The van der Waals surface area contributed by atoms with Gasteiger partial charge in [0.1, 0.15) is 6.33 Å². The fraction of sp³-hybridized carbons (Fsp3) is 0.0526. The number of rotatable bonds is 5. The Kier molecular flexibility index (Phi) is 4.61. The van der Waals surface area contributed by atoms with Gasteiger partial charge in [0.2, 0.25) is 0 Å². The number of thioether (sulfide) groups is 1. The maximum Gasteiger partial charge on any atom is 0.255 e. The summed E-state index contributed by atoms with van der Waals surface area (Å²) in [6.45, 7) is 0. The molecule has 0 spiro atoms. The van der Waals surface area contributed by atoms with Gasteiger partial charge >= 0.3 is 0 Å². The molecule has 6 nitrogen and oxygen atoms in total. The Morgan fingerprint density at radius 1 is 1.08 bits per heavy atom. The van der Waals surface area contributed by atoms with Gasteiger partial charge in [0.05, 0.1) is 5.52 Å². The van der Waals surface area contributed by atoms with E-state index in [4.69, 9.17) is 0 Å². The highest BCUT2D eigenvalue weighted by Crippen LogP contribution is 2.20. The van der Waals surface area contributed by atoms with E-state index >= 15 is 0 Å². The minimum Gasteiger partial charge on any atom is -0.322 e. The second kappa shape index (κ2) is 7.37. The first-order valence-corrected chi connectivity index (χ1v) is 9.00. The molecular weight excluding hydrogens is 346 g/mol. The van der Waals surface area contributed by atoms with Crippen LogP contribution >= 0.6 is 11.8 Å². The summed E-state index contributed by atoms with van der Waals surface area (Å²) in [5.41, 5.74) is 3.31. The number of amides is 1. The molecule has 2 heterocycles. The average Bonchev–Trinajstić information content (AvgIpc) is 3.20. The minimum atomic E-state index is -0.139. The van der Waals surface area contributed by atoms with Crippen LogP contribution in [0.25, 0.3) is 10.9 Å². The largest absolute Gasteiger partial charge is 0.322 e. The second-order valence-electron chi connectivity index (χ2n) is 5.64. The Bertz CT molecular complexity index is 1050. The summed E-state index contributed by atoms with van der Waals surface area (Å²) in [6, 6.07) is 17.1. The smallest absolute Gasteiger partial charge is 0.255 e. The van der Waals surface area contributed by atoms with Crippen molar-refractivity contribution >= 4 is 34.3 Å². The van der Waals surface area contributed by atoms with Gasteiger partial charge in [-0.1, -0.05) is 30.0 Å². The molecule has 4 aromatic rings. The van der Waals surface area contributed by atoms with Crippen molar-refractivity contribution in [2.45, 2.75) is 10.9 Å². The van der Waals surface area contributed by atoms with E-state index in [1.807, 2.05) is 48.5 Å². The van der Waals surface area contributed by atoms with Crippen molar-refractivity contribution in [3.63, 3.8) is 0 Å². The van der Waals surface area contributed by atoms with Crippen LogP contribution in [0.4, 0.5) is 5.69 Å². The molecule has 7 heteroatoms. The molecule has 0 radical (unpaired) electrons. The molecule has 0 aliphatic carbocycles. The molecule has 0 aliphatic heterocycles. The highest BCUT2D eigenvalue weighted by atomic mass is 32.2. The van der Waals surface area contributed by atoms with Crippen molar-refractivity contribution in [1.82, 2.24) is 20.2 Å². The van der Waals surface area contributed by atoms with Crippen LogP contribution in [-0.4, -0.2) is 26.1 Å². The van der Waals surface area contributed by atoms with Crippen LogP contribution in [0.15, 0.2) is 72.3 Å². The number of hydrogen-bond acceptors (Lipinski definition) is 5. The Labute approximate surface area is 154 Å². The van der Waals surface area contributed by atoms with Crippen molar-refractivity contribution in [3.8, 4) is 0 Å². The van der Waals surface area contributed by atoms with E-state index in [0.29, 0.717) is 11.3 Å². The monoisotopic (exact) mass is 361 g/mol. The third-order valence-corrected chi connectivity index (χ3v) is 4.77. The van der Waals surface area contributed by atoms with Gasteiger partial charge in [-0.25, -0.2) is 4.98 Å². The number of benzene rings is 2. The van der Waals surface area contributed by atoms with E-state index in [2.05, 4.69) is 25.5 Å². The van der Waals surface area contributed by atoms with Crippen molar-refractivity contribution < 1.29 is 4.79 Å². The molecule has 0 saturated heterocycles. The van der Waals surface area contributed by atoms with Gasteiger partial charge in [0.25, 0.3) is 5.91 Å². The molecule has 26 heavy (non-hydrogen) atoms. The SMILES string of the molecule is O=C(Nc1ccc2ncccc2c1)c1cccc(CSc2ncn[nH]2)c1. The van der Waals surface area contributed by atoms with E-state index in [-0.39, 0.29) is 5.91 Å². The summed E-state index contributed by atoms with van der Waals surface area (Å²) in [6.07, 6.45) is 3.23.